The van der Waals surface area contributed by atoms with Gasteiger partial charge in [0, 0.05) is 22.1 Å². The van der Waals surface area contributed by atoms with Gasteiger partial charge >= 0.3 is 0 Å². The number of rotatable bonds is 4. The van der Waals surface area contributed by atoms with E-state index in [4.69, 9.17) is 5.11 Å². The van der Waals surface area contributed by atoms with Crippen LogP contribution in [0.1, 0.15) is 15.9 Å². The van der Waals surface area contributed by atoms with Crippen LogP contribution in [0.5, 0.6) is 5.75 Å². The fourth-order valence-corrected chi connectivity index (χ4v) is 2.08. The molecule has 2 aromatic carbocycles. The zero-order chi connectivity index (χ0) is 14.5. The summed E-state index contributed by atoms with van der Waals surface area (Å²) in [6, 6.07) is 11.0. The van der Waals surface area contributed by atoms with Crippen LogP contribution in [0.2, 0.25) is 0 Å². The Balaban J connectivity index is 2.15. The molecular formula is C16H13FO2S. The highest BCUT2D eigenvalue weighted by molar-refractivity contribution is 7.98. The van der Waals surface area contributed by atoms with Crippen molar-refractivity contribution >= 4 is 23.6 Å². The lowest BCUT2D eigenvalue weighted by atomic mass is 10.1. The van der Waals surface area contributed by atoms with Gasteiger partial charge in [0.2, 0.25) is 0 Å². The Labute approximate surface area is 121 Å². The first-order valence-electron chi connectivity index (χ1n) is 5.95. The number of carbonyl (C=O) groups excluding carboxylic acids is 1. The number of thioether (sulfide) groups is 1. The minimum absolute atomic E-state index is 0.140. The minimum atomic E-state index is -0.563. The number of phenols is 1. The fraction of sp³-hybridized carbons (Fsp3) is 0.0625. The molecule has 2 nitrogen and oxygen atoms in total. The van der Waals surface area contributed by atoms with Gasteiger partial charge in [-0.2, -0.15) is 0 Å². The molecule has 0 aliphatic heterocycles. The molecule has 20 heavy (non-hydrogen) atoms. The number of phenolic OH excluding ortho intramolecular Hbond substituents is 1. The summed E-state index contributed by atoms with van der Waals surface area (Å²) in [5.41, 5.74) is 0.815. The molecule has 0 amide bonds. The molecule has 0 spiro atoms. The van der Waals surface area contributed by atoms with Crippen LogP contribution >= 0.6 is 11.8 Å². The summed E-state index contributed by atoms with van der Waals surface area (Å²) >= 11 is 1.60. The summed E-state index contributed by atoms with van der Waals surface area (Å²) in [6.07, 6.45) is 4.69. The van der Waals surface area contributed by atoms with E-state index in [1.54, 1.807) is 23.9 Å². The van der Waals surface area contributed by atoms with Crippen molar-refractivity contribution in [3.63, 3.8) is 0 Å². The van der Waals surface area contributed by atoms with E-state index in [1.807, 2.05) is 18.4 Å². The molecule has 0 fully saturated rings. The Bertz CT molecular complexity index is 648. The van der Waals surface area contributed by atoms with Crippen molar-refractivity contribution in [3.05, 3.63) is 65.5 Å². The van der Waals surface area contributed by atoms with Crippen molar-refractivity contribution in [2.45, 2.75) is 4.90 Å². The predicted octanol–water partition coefficient (Wildman–Crippen LogP) is 4.15. The van der Waals surface area contributed by atoms with E-state index in [0.717, 1.165) is 11.0 Å². The van der Waals surface area contributed by atoms with Crippen LogP contribution in [0.4, 0.5) is 4.39 Å². The quantitative estimate of drug-likeness (QED) is 0.521. The summed E-state index contributed by atoms with van der Waals surface area (Å²) in [6.45, 7) is 0. The SMILES string of the molecule is CSc1ccc(C(=O)/C=C/c2ccc(O)cc2F)cc1. The Morgan fingerprint density at radius 3 is 2.50 bits per heavy atom. The Morgan fingerprint density at radius 2 is 1.90 bits per heavy atom. The largest absolute Gasteiger partial charge is 0.508 e. The van der Waals surface area contributed by atoms with Gasteiger partial charge in [-0.05, 0) is 54.8 Å². The normalized spacial score (nSPS) is 10.9. The lowest BCUT2D eigenvalue weighted by Gasteiger charge is -1.99. The highest BCUT2D eigenvalue weighted by Crippen LogP contribution is 2.18. The zero-order valence-corrected chi connectivity index (χ0v) is 11.7. The fourth-order valence-electron chi connectivity index (χ4n) is 1.67. The molecule has 0 unspecified atom stereocenters. The monoisotopic (exact) mass is 288 g/mol. The van der Waals surface area contributed by atoms with Gasteiger partial charge in [-0.15, -0.1) is 11.8 Å². The number of ketones is 1. The van der Waals surface area contributed by atoms with Crippen molar-refractivity contribution in [1.29, 1.82) is 0 Å². The van der Waals surface area contributed by atoms with Gasteiger partial charge in [0.15, 0.2) is 5.78 Å². The molecule has 0 atom stereocenters. The second-order valence-electron chi connectivity index (χ2n) is 4.13. The van der Waals surface area contributed by atoms with Gasteiger partial charge < -0.3 is 5.11 Å². The molecule has 2 aromatic rings. The maximum Gasteiger partial charge on any atom is 0.185 e. The first-order valence-corrected chi connectivity index (χ1v) is 7.17. The third-order valence-electron chi connectivity index (χ3n) is 2.77. The smallest absolute Gasteiger partial charge is 0.185 e. The van der Waals surface area contributed by atoms with Crippen LogP contribution < -0.4 is 0 Å². The van der Waals surface area contributed by atoms with Gasteiger partial charge in [0.25, 0.3) is 0 Å². The molecule has 0 aromatic heterocycles. The van der Waals surface area contributed by atoms with E-state index in [2.05, 4.69) is 0 Å². The topological polar surface area (TPSA) is 37.3 Å². The van der Waals surface area contributed by atoms with Crippen LogP contribution in [-0.2, 0) is 0 Å². The molecule has 102 valence electrons. The van der Waals surface area contributed by atoms with Crippen molar-refractivity contribution in [1.82, 2.24) is 0 Å². The van der Waals surface area contributed by atoms with E-state index in [0.29, 0.717) is 5.56 Å². The van der Waals surface area contributed by atoms with E-state index >= 15 is 0 Å². The van der Waals surface area contributed by atoms with Crippen LogP contribution in [0.25, 0.3) is 6.08 Å². The Kier molecular flexibility index (Phi) is 4.58. The maximum absolute atomic E-state index is 13.5. The highest BCUT2D eigenvalue weighted by Gasteiger charge is 2.03. The molecular weight excluding hydrogens is 275 g/mol. The molecule has 0 heterocycles. The van der Waals surface area contributed by atoms with Gasteiger partial charge in [-0.25, -0.2) is 4.39 Å². The van der Waals surface area contributed by atoms with Crippen molar-refractivity contribution in [2.24, 2.45) is 0 Å². The summed E-state index contributed by atoms with van der Waals surface area (Å²) in [5.74, 6) is -0.893. The second-order valence-corrected chi connectivity index (χ2v) is 5.01. The molecule has 0 aliphatic rings. The third kappa shape index (κ3) is 3.48. The molecule has 2 rings (SSSR count). The lowest BCUT2D eigenvalue weighted by Crippen LogP contribution is -1.93. The van der Waals surface area contributed by atoms with Gasteiger partial charge in [0.1, 0.15) is 11.6 Å². The third-order valence-corrected chi connectivity index (χ3v) is 3.52. The molecule has 0 saturated carbocycles. The van der Waals surface area contributed by atoms with Crippen LogP contribution in [0.15, 0.2) is 53.4 Å². The van der Waals surface area contributed by atoms with Crippen molar-refractivity contribution < 1.29 is 14.3 Å². The average molecular weight is 288 g/mol. The standard InChI is InChI=1S/C16H13FO2S/c1-20-14-7-3-12(4-8-14)16(19)9-5-11-2-6-13(18)10-15(11)17/h2-10,18H,1H3/b9-5+. The first-order chi connectivity index (χ1) is 9.60. The van der Waals surface area contributed by atoms with E-state index in [1.165, 1.54) is 24.3 Å². The zero-order valence-electron chi connectivity index (χ0n) is 10.8. The number of hydrogen-bond acceptors (Lipinski definition) is 3. The van der Waals surface area contributed by atoms with Gasteiger partial charge in [-0.3, -0.25) is 4.79 Å². The number of halogens is 1. The van der Waals surface area contributed by atoms with Crippen LogP contribution in [-0.4, -0.2) is 17.1 Å². The van der Waals surface area contributed by atoms with Gasteiger partial charge in [0.05, 0.1) is 0 Å². The number of hydrogen-bond donors (Lipinski definition) is 1. The predicted molar refractivity (Wildman–Crippen MR) is 79.7 cm³/mol. The highest BCUT2D eigenvalue weighted by atomic mass is 32.2. The summed E-state index contributed by atoms with van der Waals surface area (Å²) in [7, 11) is 0. The number of allylic oxidation sites excluding steroid dienone is 1. The summed E-state index contributed by atoms with van der Waals surface area (Å²) < 4.78 is 13.5. The van der Waals surface area contributed by atoms with E-state index in [-0.39, 0.29) is 17.1 Å². The van der Waals surface area contributed by atoms with E-state index < -0.39 is 5.82 Å². The summed E-state index contributed by atoms with van der Waals surface area (Å²) in [5, 5.41) is 9.11. The second kappa shape index (κ2) is 6.39. The van der Waals surface area contributed by atoms with Crippen molar-refractivity contribution in [2.75, 3.05) is 6.26 Å². The first kappa shape index (κ1) is 14.3. The van der Waals surface area contributed by atoms with Crippen LogP contribution in [0, 0.1) is 5.82 Å². The number of benzene rings is 2. The lowest BCUT2D eigenvalue weighted by molar-refractivity contribution is 0.104. The molecule has 4 heteroatoms. The molecule has 0 bridgehead atoms. The van der Waals surface area contributed by atoms with Crippen LogP contribution in [0.3, 0.4) is 0 Å². The number of aromatic hydroxyl groups is 1. The molecule has 1 N–H and O–H groups in total. The Morgan fingerprint density at radius 1 is 1.20 bits per heavy atom. The minimum Gasteiger partial charge on any atom is -0.508 e. The maximum atomic E-state index is 13.5. The molecule has 0 radical (unpaired) electrons. The van der Waals surface area contributed by atoms with Gasteiger partial charge in [-0.1, -0.05) is 0 Å². The van der Waals surface area contributed by atoms with Crippen molar-refractivity contribution in [3.8, 4) is 5.75 Å². The molecule has 0 saturated heterocycles. The average Bonchev–Trinajstić information content (AvgIpc) is 2.46. The van der Waals surface area contributed by atoms with E-state index in [9.17, 15) is 9.18 Å². The molecule has 0 aliphatic carbocycles. The Hall–Kier alpha value is -2.07. The number of carbonyl (C=O) groups is 1. The summed E-state index contributed by atoms with van der Waals surface area (Å²) in [4.78, 5) is 13.0.